The zero-order valence-electron chi connectivity index (χ0n) is 11.0. The Balaban J connectivity index is 2.13. The third-order valence-corrected chi connectivity index (χ3v) is 5.22. The molecule has 19 heavy (non-hydrogen) atoms. The molecule has 1 fully saturated rings. The third-order valence-electron chi connectivity index (χ3n) is 3.71. The van der Waals surface area contributed by atoms with E-state index >= 15 is 0 Å². The molecule has 2 atom stereocenters. The topological polar surface area (TPSA) is 29.0 Å². The van der Waals surface area contributed by atoms with Gasteiger partial charge in [0.1, 0.15) is 5.82 Å². The largest absolute Gasteiger partial charge is 0.351 e. The number of nitrogens with zero attached hydrogens (tertiary/aromatic N) is 3. The van der Waals surface area contributed by atoms with Crippen LogP contribution in [0.15, 0.2) is 24.3 Å². The molecule has 1 aliphatic heterocycles. The highest BCUT2D eigenvalue weighted by atomic mass is 35.5. The first-order chi connectivity index (χ1) is 9.16. The number of halogens is 1. The molecular weight excluding hydrogens is 278 g/mol. The molecule has 0 N–H and O–H groups in total. The van der Waals surface area contributed by atoms with Crippen molar-refractivity contribution in [2.75, 3.05) is 17.2 Å². The number of anilines is 1. The SMILES string of the molecule is CC1SCCN(c2nc(Cl)nc3ccccc23)C1C. The Morgan fingerprint density at radius 3 is 2.89 bits per heavy atom. The highest BCUT2D eigenvalue weighted by molar-refractivity contribution is 8.00. The van der Waals surface area contributed by atoms with Gasteiger partial charge < -0.3 is 4.90 Å². The lowest BCUT2D eigenvalue weighted by molar-refractivity contribution is 0.622. The van der Waals surface area contributed by atoms with Crippen LogP contribution in [0.25, 0.3) is 10.9 Å². The summed E-state index contributed by atoms with van der Waals surface area (Å²) in [6.45, 7) is 5.53. The minimum absolute atomic E-state index is 0.326. The summed E-state index contributed by atoms with van der Waals surface area (Å²) in [5.74, 6) is 2.09. The van der Waals surface area contributed by atoms with Crippen molar-refractivity contribution in [3.63, 3.8) is 0 Å². The Hall–Kier alpha value is -1.00. The highest BCUT2D eigenvalue weighted by Gasteiger charge is 2.27. The zero-order chi connectivity index (χ0) is 13.4. The van der Waals surface area contributed by atoms with Crippen molar-refractivity contribution in [2.45, 2.75) is 25.1 Å². The molecule has 5 heteroatoms. The number of hydrogen-bond donors (Lipinski definition) is 0. The summed E-state index contributed by atoms with van der Waals surface area (Å²) in [4.78, 5) is 11.1. The highest BCUT2D eigenvalue weighted by Crippen LogP contribution is 2.32. The van der Waals surface area contributed by atoms with E-state index in [4.69, 9.17) is 11.6 Å². The van der Waals surface area contributed by atoms with E-state index in [0.29, 0.717) is 16.6 Å². The Labute approximate surface area is 122 Å². The van der Waals surface area contributed by atoms with Crippen LogP contribution in [0.3, 0.4) is 0 Å². The van der Waals surface area contributed by atoms with Crippen LogP contribution in [-0.2, 0) is 0 Å². The van der Waals surface area contributed by atoms with Gasteiger partial charge in [-0.2, -0.15) is 16.7 Å². The van der Waals surface area contributed by atoms with Gasteiger partial charge in [0.05, 0.1) is 5.52 Å². The van der Waals surface area contributed by atoms with Crippen molar-refractivity contribution in [1.29, 1.82) is 0 Å². The molecule has 1 aromatic heterocycles. The number of fused-ring (bicyclic) bond motifs is 1. The number of thioether (sulfide) groups is 1. The van der Waals surface area contributed by atoms with Gasteiger partial charge >= 0.3 is 0 Å². The van der Waals surface area contributed by atoms with Crippen molar-refractivity contribution in [3.8, 4) is 0 Å². The third kappa shape index (κ3) is 2.39. The maximum absolute atomic E-state index is 6.07. The maximum Gasteiger partial charge on any atom is 0.224 e. The van der Waals surface area contributed by atoms with E-state index in [-0.39, 0.29) is 0 Å². The number of benzene rings is 1. The Morgan fingerprint density at radius 2 is 2.05 bits per heavy atom. The molecule has 3 nitrogen and oxygen atoms in total. The average Bonchev–Trinajstić information content (AvgIpc) is 2.41. The summed E-state index contributed by atoms with van der Waals surface area (Å²) in [6.07, 6.45) is 0. The standard InChI is InChI=1S/C14H16ClN3S/c1-9-10(2)19-8-7-18(9)13-11-5-3-4-6-12(11)16-14(15)17-13/h3-6,9-10H,7-8H2,1-2H3. The fourth-order valence-electron chi connectivity index (χ4n) is 2.48. The lowest BCUT2D eigenvalue weighted by atomic mass is 10.1. The molecule has 0 aliphatic carbocycles. The minimum atomic E-state index is 0.326. The van der Waals surface area contributed by atoms with Crippen molar-refractivity contribution >= 4 is 40.1 Å². The van der Waals surface area contributed by atoms with Gasteiger partial charge in [0.15, 0.2) is 0 Å². The first-order valence-electron chi connectivity index (χ1n) is 6.47. The van der Waals surface area contributed by atoms with Crippen LogP contribution in [0.4, 0.5) is 5.82 Å². The molecule has 100 valence electrons. The molecule has 1 aliphatic rings. The van der Waals surface area contributed by atoms with Gasteiger partial charge in [0.2, 0.25) is 5.28 Å². The maximum atomic E-state index is 6.07. The van der Waals surface area contributed by atoms with Crippen molar-refractivity contribution in [2.24, 2.45) is 0 Å². The van der Waals surface area contributed by atoms with E-state index in [1.54, 1.807) is 0 Å². The number of hydrogen-bond acceptors (Lipinski definition) is 4. The summed E-state index contributed by atoms with van der Waals surface area (Å²) < 4.78 is 0. The summed E-state index contributed by atoms with van der Waals surface area (Å²) in [5.41, 5.74) is 0.913. The number of para-hydroxylation sites is 1. The molecule has 2 heterocycles. The van der Waals surface area contributed by atoms with E-state index in [1.807, 2.05) is 30.0 Å². The summed E-state index contributed by atoms with van der Waals surface area (Å²) in [7, 11) is 0. The van der Waals surface area contributed by atoms with Gasteiger partial charge in [-0.25, -0.2) is 4.98 Å². The molecular formula is C14H16ClN3S. The molecule has 1 aromatic carbocycles. The molecule has 0 radical (unpaired) electrons. The van der Waals surface area contributed by atoms with Crippen molar-refractivity contribution in [1.82, 2.24) is 9.97 Å². The second-order valence-electron chi connectivity index (χ2n) is 4.84. The summed E-state index contributed by atoms with van der Waals surface area (Å²) in [5, 5.41) is 2.01. The predicted molar refractivity (Wildman–Crippen MR) is 83.3 cm³/mol. The van der Waals surface area contributed by atoms with Crippen molar-refractivity contribution in [3.05, 3.63) is 29.5 Å². The molecule has 0 bridgehead atoms. The lowest BCUT2D eigenvalue weighted by Gasteiger charge is -2.38. The predicted octanol–water partition coefficient (Wildman–Crippen LogP) is 3.61. The van der Waals surface area contributed by atoms with Crippen molar-refractivity contribution < 1.29 is 0 Å². The molecule has 0 amide bonds. The quantitative estimate of drug-likeness (QED) is 0.751. The van der Waals surface area contributed by atoms with Crippen LogP contribution in [0.1, 0.15) is 13.8 Å². The van der Waals surface area contributed by atoms with E-state index in [2.05, 4.69) is 34.8 Å². The van der Waals surface area contributed by atoms with E-state index in [0.717, 1.165) is 29.0 Å². The van der Waals surface area contributed by atoms with E-state index in [9.17, 15) is 0 Å². The second-order valence-corrected chi connectivity index (χ2v) is 6.67. The molecule has 1 saturated heterocycles. The first kappa shape index (κ1) is 13.0. The van der Waals surface area contributed by atoms with E-state index < -0.39 is 0 Å². The van der Waals surface area contributed by atoms with Crippen LogP contribution >= 0.6 is 23.4 Å². The number of rotatable bonds is 1. The number of aromatic nitrogens is 2. The van der Waals surface area contributed by atoms with Gasteiger partial charge in [0.25, 0.3) is 0 Å². The van der Waals surface area contributed by atoms with Gasteiger partial charge in [-0.15, -0.1) is 0 Å². The molecule has 0 spiro atoms. The van der Waals surface area contributed by atoms with Crippen LogP contribution in [0.2, 0.25) is 5.28 Å². The first-order valence-corrected chi connectivity index (χ1v) is 7.90. The lowest BCUT2D eigenvalue weighted by Crippen LogP contribution is -2.45. The fourth-order valence-corrected chi connectivity index (χ4v) is 3.75. The summed E-state index contributed by atoms with van der Waals surface area (Å²) in [6, 6.07) is 8.51. The van der Waals surface area contributed by atoms with Crippen LogP contribution in [0, 0.1) is 0 Å². The van der Waals surface area contributed by atoms with Crippen LogP contribution in [0.5, 0.6) is 0 Å². The molecule has 3 rings (SSSR count). The van der Waals surface area contributed by atoms with Gasteiger partial charge in [-0.3, -0.25) is 0 Å². The minimum Gasteiger partial charge on any atom is -0.351 e. The zero-order valence-corrected chi connectivity index (χ0v) is 12.6. The smallest absolute Gasteiger partial charge is 0.224 e. The Bertz CT molecular complexity index is 604. The van der Waals surface area contributed by atoms with Gasteiger partial charge in [-0.1, -0.05) is 19.1 Å². The van der Waals surface area contributed by atoms with Gasteiger partial charge in [-0.05, 0) is 30.7 Å². The van der Waals surface area contributed by atoms with Gasteiger partial charge in [0, 0.05) is 29.0 Å². The molecule has 2 aromatic rings. The Kier molecular flexibility index (Phi) is 3.54. The van der Waals surface area contributed by atoms with Crippen LogP contribution < -0.4 is 4.90 Å². The fraction of sp³-hybridized carbons (Fsp3) is 0.429. The summed E-state index contributed by atoms with van der Waals surface area (Å²) >= 11 is 8.09. The Morgan fingerprint density at radius 1 is 1.26 bits per heavy atom. The average molecular weight is 294 g/mol. The monoisotopic (exact) mass is 293 g/mol. The molecule has 2 unspecified atom stereocenters. The van der Waals surface area contributed by atoms with E-state index in [1.165, 1.54) is 0 Å². The second kappa shape index (κ2) is 5.17. The van der Waals surface area contributed by atoms with Crippen LogP contribution in [-0.4, -0.2) is 33.6 Å². The normalized spacial score (nSPS) is 23.8. The molecule has 0 saturated carbocycles.